The van der Waals surface area contributed by atoms with Crippen LogP contribution >= 0.6 is 0 Å². The molecule has 0 spiro atoms. The van der Waals surface area contributed by atoms with Gasteiger partial charge >= 0.3 is 0 Å². The Labute approximate surface area is 82.2 Å². The van der Waals surface area contributed by atoms with Crippen molar-refractivity contribution in [3.8, 4) is 0 Å². The highest BCUT2D eigenvalue weighted by atomic mass is 19.3. The second-order valence-electron chi connectivity index (χ2n) is 3.84. The molecule has 1 aliphatic rings. The van der Waals surface area contributed by atoms with Crippen LogP contribution in [0.3, 0.4) is 0 Å². The van der Waals surface area contributed by atoms with E-state index in [1.165, 1.54) is 4.90 Å². The van der Waals surface area contributed by atoms with Gasteiger partial charge in [0, 0.05) is 19.0 Å². The second-order valence-corrected chi connectivity index (χ2v) is 3.84. The lowest BCUT2D eigenvalue weighted by atomic mass is 9.92. The highest BCUT2D eigenvalue weighted by molar-refractivity contribution is 5.78. The number of alkyl halides is 2. The second kappa shape index (κ2) is 4.21. The van der Waals surface area contributed by atoms with Crippen LogP contribution in [0.25, 0.3) is 0 Å². The molecule has 2 N–H and O–H groups in total. The summed E-state index contributed by atoms with van der Waals surface area (Å²) in [6.07, 6.45) is 1.12. The van der Waals surface area contributed by atoms with Gasteiger partial charge in [0.1, 0.15) is 0 Å². The molecular formula is C9H16F2N2O. The molecule has 1 atom stereocenters. The van der Waals surface area contributed by atoms with E-state index < -0.39 is 11.8 Å². The van der Waals surface area contributed by atoms with Gasteiger partial charge in [-0.1, -0.05) is 0 Å². The first-order valence-electron chi connectivity index (χ1n) is 4.81. The Hall–Kier alpha value is -0.710. The molecule has 82 valence electrons. The van der Waals surface area contributed by atoms with Crippen LogP contribution < -0.4 is 5.73 Å². The summed E-state index contributed by atoms with van der Waals surface area (Å²) in [5.41, 5.74) is 5.18. The fraction of sp³-hybridized carbons (Fsp3) is 0.889. The summed E-state index contributed by atoms with van der Waals surface area (Å²) >= 11 is 0. The molecule has 1 saturated heterocycles. The standard InChI is InChI=1S/C9H16F2N2O/c1-9(10,11)7-3-2-4-13(6-7)8(14)5-12/h7H,2-6,12H2,1H3. The van der Waals surface area contributed by atoms with Gasteiger partial charge in [0.25, 0.3) is 0 Å². The van der Waals surface area contributed by atoms with Gasteiger partial charge in [-0.25, -0.2) is 8.78 Å². The third-order valence-corrected chi connectivity index (χ3v) is 2.67. The highest BCUT2D eigenvalue weighted by Gasteiger charge is 2.37. The zero-order chi connectivity index (χ0) is 10.8. The Balaban J connectivity index is 2.56. The van der Waals surface area contributed by atoms with Gasteiger partial charge in [0.15, 0.2) is 0 Å². The predicted octanol–water partition coefficient (Wildman–Crippen LogP) is 0.839. The molecule has 0 radical (unpaired) electrons. The zero-order valence-electron chi connectivity index (χ0n) is 8.30. The van der Waals surface area contributed by atoms with Crippen LogP contribution in [-0.2, 0) is 4.79 Å². The van der Waals surface area contributed by atoms with E-state index in [1.807, 2.05) is 0 Å². The smallest absolute Gasteiger partial charge is 0.249 e. The van der Waals surface area contributed by atoms with Crippen molar-refractivity contribution in [1.29, 1.82) is 0 Å². The normalized spacial score (nSPS) is 23.7. The number of piperidine rings is 1. The van der Waals surface area contributed by atoms with Gasteiger partial charge in [0.2, 0.25) is 11.8 Å². The Morgan fingerprint density at radius 3 is 2.79 bits per heavy atom. The first kappa shape index (κ1) is 11.4. The first-order chi connectivity index (χ1) is 6.45. The Kier molecular flexibility index (Phi) is 3.42. The fourth-order valence-electron chi connectivity index (χ4n) is 1.75. The van der Waals surface area contributed by atoms with E-state index in [4.69, 9.17) is 5.73 Å². The number of rotatable bonds is 2. The van der Waals surface area contributed by atoms with E-state index in [0.29, 0.717) is 19.4 Å². The van der Waals surface area contributed by atoms with Crippen LogP contribution in [0, 0.1) is 5.92 Å². The van der Waals surface area contributed by atoms with E-state index in [2.05, 4.69) is 0 Å². The molecule has 0 aliphatic carbocycles. The highest BCUT2D eigenvalue weighted by Crippen LogP contribution is 2.31. The maximum Gasteiger partial charge on any atom is 0.249 e. The summed E-state index contributed by atoms with van der Waals surface area (Å²) in [6, 6.07) is 0. The number of likely N-dealkylation sites (tertiary alicyclic amines) is 1. The quantitative estimate of drug-likeness (QED) is 0.727. The number of halogens is 2. The number of carbonyl (C=O) groups is 1. The molecular weight excluding hydrogens is 190 g/mol. The van der Waals surface area contributed by atoms with Gasteiger partial charge in [-0.15, -0.1) is 0 Å². The molecule has 0 aromatic carbocycles. The number of hydrogen-bond acceptors (Lipinski definition) is 2. The number of nitrogens with zero attached hydrogens (tertiary/aromatic N) is 1. The molecule has 1 amide bonds. The molecule has 1 fully saturated rings. The molecule has 14 heavy (non-hydrogen) atoms. The SMILES string of the molecule is CC(F)(F)C1CCCN(C(=O)CN)C1. The van der Waals surface area contributed by atoms with Crippen molar-refractivity contribution in [3.05, 3.63) is 0 Å². The lowest BCUT2D eigenvalue weighted by Gasteiger charge is -2.35. The van der Waals surface area contributed by atoms with Crippen molar-refractivity contribution in [2.45, 2.75) is 25.7 Å². The van der Waals surface area contributed by atoms with E-state index >= 15 is 0 Å². The van der Waals surface area contributed by atoms with E-state index in [9.17, 15) is 13.6 Å². The molecule has 1 unspecified atom stereocenters. The van der Waals surface area contributed by atoms with E-state index in [0.717, 1.165) is 6.92 Å². The molecule has 0 saturated carbocycles. The minimum absolute atomic E-state index is 0.0952. The Bertz CT molecular complexity index is 215. The number of hydrogen-bond donors (Lipinski definition) is 1. The maximum atomic E-state index is 13.0. The average molecular weight is 206 g/mol. The minimum atomic E-state index is -2.70. The van der Waals surface area contributed by atoms with Crippen molar-refractivity contribution in [1.82, 2.24) is 4.90 Å². The van der Waals surface area contributed by atoms with Crippen molar-refractivity contribution in [2.75, 3.05) is 19.6 Å². The summed E-state index contributed by atoms with van der Waals surface area (Å²) < 4.78 is 26.0. The zero-order valence-corrected chi connectivity index (χ0v) is 8.30. The number of nitrogens with two attached hydrogens (primary N) is 1. The van der Waals surface area contributed by atoms with Crippen LogP contribution in [-0.4, -0.2) is 36.4 Å². The third-order valence-electron chi connectivity index (χ3n) is 2.67. The van der Waals surface area contributed by atoms with Gasteiger partial charge < -0.3 is 10.6 Å². The summed E-state index contributed by atoms with van der Waals surface area (Å²) in [7, 11) is 0. The van der Waals surface area contributed by atoms with Gasteiger partial charge in [-0.3, -0.25) is 4.79 Å². The molecule has 0 aromatic rings. The lowest BCUT2D eigenvalue weighted by molar-refractivity contribution is -0.135. The summed E-state index contributed by atoms with van der Waals surface area (Å²) in [6.45, 7) is 1.51. The molecule has 1 heterocycles. The monoisotopic (exact) mass is 206 g/mol. The minimum Gasteiger partial charge on any atom is -0.341 e. The maximum absolute atomic E-state index is 13.0. The van der Waals surface area contributed by atoms with Crippen molar-refractivity contribution in [3.63, 3.8) is 0 Å². The van der Waals surface area contributed by atoms with Crippen LogP contribution in [0.2, 0.25) is 0 Å². The predicted molar refractivity (Wildman–Crippen MR) is 49.0 cm³/mol. The summed E-state index contributed by atoms with van der Waals surface area (Å²) in [5, 5.41) is 0. The molecule has 1 aliphatic heterocycles. The van der Waals surface area contributed by atoms with E-state index in [-0.39, 0.29) is 19.0 Å². The van der Waals surface area contributed by atoms with Crippen LogP contribution in [0.15, 0.2) is 0 Å². The largest absolute Gasteiger partial charge is 0.341 e. The van der Waals surface area contributed by atoms with Crippen molar-refractivity contribution in [2.24, 2.45) is 11.7 Å². The fourth-order valence-corrected chi connectivity index (χ4v) is 1.75. The summed E-state index contributed by atoms with van der Waals surface area (Å²) in [5.74, 6) is -3.65. The van der Waals surface area contributed by atoms with Gasteiger partial charge in [-0.05, 0) is 19.8 Å². The molecule has 3 nitrogen and oxygen atoms in total. The van der Waals surface area contributed by atoms with Gasteiger partial charge in [0.05, 0.1) is 6.54 Å². The summed E-state index contributed by atoms with van der Waals surface area (Å²) in [4.78, 5) is 12.6. The molecule has 5 heteroatoms. The third kappa shape index (κ3) is 2.64. The number of amides is 1. The molecule has 0 aromatic heterocycles. The lowest BCUT2D eigenvalue weighted by Crippen LogP contribution is -2.46. The van der Waals surface area contributed by atoms with Gasteiger partial charge in [-0.2, -0.15) is 0 Å². The van der Waals surface area contributed by atoms with Crippen LogP contribution in [0.5, 0.6) is 0 Å². The van der Waals surface area contributed by atoms with Crippen LogP contribution in [0.4, 0.5) is 8.78 Å². The molecule has 1 rings (SSSR count). The number of carbonyl (C=O) groups excluding carboxylic acids is 1. The first-order valence-corrected chi connectivity index (χ1v) is 4.81. The van der Waals surface area contributed by atoms with Crippen LogP contribution in [0.1, 0.15) is 19.8 Å². The Morgan fingerprint density at radius 2 is 2.29 bits per heavy atom. The average Bonchev–Trinajstić information content (AvgIpc) is 2.15. The Morgan fingerprint density at radius 1 is 1.64 bits per heavy atom. The van der Waals surface area contributed by atoms with Crippen molar-refractivity contribution >= 4 is 5.91 Å². The molecule has 0 bridgehead atoms. The topological polar surface area (TPSA) is 46.3 Å². The van der Waals surface area contributed by atoms with E-state index in [1.54, 1.807) is 0 Å². The van der Waals surface area contributed by atoms with Crippen molar-refractivity contribution < 1.29 is 13.6 Å².